The second kappa shape index (κ2) is 7.33. The van der Waals surface area contributed by atoms with Crippen molar-refractivity contribution in [2.75, 3.05) is 6.54 Å². The van der Waals surface area contributed by atoms with Crippen LogP contribution in [0.2, 0.25) is 0 Å². The summed E-state index contributed by atoms with van der Waals surface area (Å²) in [4.78, 5) is 11.7. The van der Waals surface area contributed by atoms with Crippen LogP contribution in [-0.4, -0.2) is 23.7 Å². The van der Waals surface area contributed by atoms with E-state index in [1.165, 1.54) is 12.1 Å². The van der Waals surface area contributed by atoms with Gasteiger partial charge in [-0.05, 0) is 23.5 Å². The van der Waals surface area contributed by atoms with Crippen molar-refractivity contribution in [2.45, 2.75) is 39.2 Å². The van der Waals surface area contributed by atoms with Gasteiger partial charge >= 0.3 is 0 Å². The minimum atomic E-state index is -0.646. The van der Waals surface area contributed by atoms with Gasteiger partial charge in [-0.3, -0.25) is 4.79 Å². The molecule has 112 valence electrons. The van der Waals surface area contributed by atoms with Crippen molar-refractivity contribution < 1.29 is 18.7 Å². The third-order valence-corrected chi connectivity index (χ3v) is 3.26. The molecule has 5 heteroatoms. The van der Waals surface area contributed by atoms with E-state index in [0.717, 1.165) is 6.07 Å². The van der Waals surface area contributed by atoms with Gasteiger partial charge in [0.05, 0.1) is 6.10 Å². The van der Waals surface area contributed by atoms with Gasteiger partial charge in [0, 0.05) is 19.0 Å². The molecule has 3 nitrogen and oxygen atoms in total. The van der Waals surface area contributed by atoms with Gasteiger partial charge in [-0.2, -0.15) is 0 Å². The Kier molecular flexibility index (Phi) is 6.07. The molecule has 0 heterocycles. The molecule has 20 heavy (non-hydrogen) atoms. The molecule has 1 amide bonds. The summed E-state index contributed by atoms with van der Waals surface area (Å²) in [7, 11) is 0. The Balaban J connectivity index is 2.53. The number of aliphatic hydroxyl groups excluding tert-OH is 1. The zero-order valence-corrected chi connectivity index (χ0v) is 12.0. The molecule has 0 aliphatic carbocycles. The number of aliphatic hydroxyl groups is 1. The second-order valence-corrected chi connectivity index (χ2v) is 5.39. The minimum absolute atomic E-state index is 0.0577. The van der Waals surface area contributed by atoms with Crippen LogP contribution < -0.4 is 5.32 Å². The van der Waals surface area contributed by atoms with E-state index >= 15 is 0 Å². The second-order valence-electron chi connectivity index (χ2n) is 5.39. The average Bonchev–Trinajstić information content (AvgIpc) is 2.35. The number of halogens is 2. The van der Waals surface area contributed by atoms with Crippen molar-refractivity contribution in [1.29, 1.82) is 0 Å². The Morgan fingerprint density at radius 1 is 1.30 bits per heavy atom. The van der Waals surface area contributed by atoms with E-state index in [0.29, 0.717) is 5.56 Å². The topological polar surface area (TPSA) is 49.3 Å². The average molecular weight is 285 g/mol. The third-order valence-electron chi connectivity index (χ3n) is 3.26. The van der Waals surface area contributed by atoms with Crippen LogP contribution in [0.1, 0.15) is 38.7 Å². The van der Waals surface area contributed by atoms with E-state index in [2.05, 4.69) is 5.32 Å². The van der Waals surface area contributed by atoms with E-state index in [4.69, 9.17) is 0 Å². The number of amides is 1. The molecule has 0 fully saturated rings. The molecule has 2 N–H and O–H groups in total. The fraction of sp³-hybridized carbons (Fsp3) is 0.533. The molecule has 0 saturated carbocycles. The summed E-state index contributed by atoms with van der Waals surface area (Å²) in [5, 5.41) is 12.2. The largest absolute Gasteiger partial charge is 0.391 e. The van der Waals surface area contributed by atoms with E-state index in [-0.39, 0.29) is 30.7 Å². The van der Waals surface area contributed by atoms with Gasteiger partial charge in [0.25, 0.3) is 0 Å². The van der Waals surface area contributed by atoms with Crippen LogP contribution in [0.25, 0.3) is 0 Å². The molecule has 2 unspecified atom stereocenters. The fourth-order valence-corrected chi connectivity index (χ4v) is 1.82. The lowest BCUT2D eigenvalue weighted by Gasteiger charge is -2.17. The molecule has 0 aliphatic heterocycles. The molecule has 0 radical (unpaired) electrons. The molecule has 0 saturated heterocycles. The molecule has 0 bridgehead atoms. The van der Waals surface area contributed by atoms with Gasteiger partial charge < -0.3 is 10.4 Å². The van der Waals surface area contributed by atoms with E-state index in [9.17, 15) is 18.7 Å². The monoisotopic (exact) mass is 285 g/mol. The Bertz CT molecular complexity index is 463. The summed E-state index contributed by atoms with van der Waals surface area (Å²) >= 11 is 0. The van der Waals surface area contributed by atoms with Crippen LogP contribution in [0, 0.1) is 17.6 Å². The van der Waals surface area contributed by atoms with Crippen molar-refractivity contribution in [3.05, 3.63) is 35.4 Å². The number of hydrogen-bond donors (Lipinski definition) is 2. The molecule has 1 aromatic carbocycles. The number of carbonyl (C=O) groups is 1. The van der Waals surface area contributed by atoms with Crippen LogP contribution in [-0.2, 0) is 4.79 Å². The van der Waals surface area contributed by atoms with Gasteiger partial charge in [-0.1, -0.05) is 26.8 Å². The first kappa shape index (κ1) is 16.6. The lowest BCUT2D eigenvalue weighted by atomic mass is 9.96. The Hall–Kier alpha value is -1.49. The Labute approximate surface area is 118 Å². The number of benzene rings is 1. The van der Waals surface area contributed by atoms with Gasteiger partial charge in [0.2, 0.25) is 5.91 Å². The van der Waals surface area contributed by atoms with Crippen molar-refractivity contribution in [1.82, 2.24) is 5.32 Å². The standard InChI is InChI=1S/C15H21F2NO2/c1-9(2)14(19)8-18-15(20)6-10(3)12-5-4-11(16)7-13(12)17/h4-5,7,9-10,14,19H,6,8H2,1-3H3,(H,18,20). The molecule has 0 spiro atoms. The zero-order valence-electron chi connectivity index (χ0n) is 12.0. The quantitative estimate of drug-likeness (QED) is 0.844. The van der Waals surface area contributed by atoms with Crippen molar-refractivity contribution in [2.24, 2.45) is 5.92 Å². The van der Waals surface area contributed by atoms with E-state index < -0.39 is 17.7 Å². The highest BCUT2D eigenvalue weighted by Gasteiger charge is 2.17. The molecule has 2 atom stereocenters. The fourth-order valence-electron chi connectivity index (χ4n) is 1.82. The number of nitrogens with one attached hydrogen (secondary N) is 1. The molecular weight excluding hydrogens is 264 g/mol. The number of carbonyl (C=O) groups excluding carboxylic acids is 1. The maximum absolute atomic E-state index is 13.6. The molecule has 0 aromatic heterocycles. The number of hydrogen-bond acceptors (Lipinski definition) is 2. The van der Waals surface area contributed by atoms with Gasteiger partial charge in [-0.25, -0.2) is 8.78 Å². The van der Waals surface area contributed by atoms with Crippen molar-refractivity contribution >= 4 is 5.91 Å². The highest BCUT2D eigenvalue weighted by atomic mass is 19.1. The molecule has 1 aromatic rings. The highest BCUT2D eigenvalue weighted by molar-refractivity contribution is 5.76. The maximum Gasteiger partial charge on any atom is 0.220 e. The van der Waals surface area contributed by atoms with Gasteiger partial charge in [0.1, 0.15) is 11.6 Å². The third kappa shape index (κ3) is 4.89. The van der Waals surface area contributed by atoms with Crippen molar-refractivity contribution in [3.63, 3.8) is 0 Å². The van der Waals surface area contributed by atoms with Crippen LogP contribution in [0.4, 0.5) is 8.78 Å². The van der Waals surface area contributed by atoms with Gasteiger partial charge in [-0.15, -0.1) is 0 Å². The van der Waals surface area contributed by atoms with Crippen LogP contribution in [0.15, 0.2) is 18.2 Å². The summed E-state index contributed by atoms with van der Waals surface area (Å²) in [6, 6.07) is 3.34. The Morgan fingerprint density at radius 2 is 1.95 bits per heavy atom. The summed E-state index contributed by atoms with van der Waals surface area (Å²) in [5.74, 6) is -1.84. The lowest BCUT2D eigenvalue weighted by molar-refractivity contribution is -0.122. The molecule has 0 aliphatic rings. The lowest BCUT2D eigenvalue weighted by Crippen LogP contribution is -2.35. The van der Waals surface area contributed by atoms with E-state index in [1.54, 1.807) is 6.92 Å². The highest BCUT2D eigenvalue weighted by Crippen LogP contribution is 2.22. The molecule has 1 rings (SSSR count). The minimum Gasteiger partial charge on any atom is -0.391 e. The predicted octanol–water partition coefficient (Wildman–Crippen LogP) is 2.59. The first-order valence-corrected chi connectivity index (χ1v) is 6.71. The van der Waals surface area contributed by atoms with Crippen molar-refractivity contribution in [3.8, 4) is 0 Å². The summed E-state index contributed by atoms with van der Waals surface area (Å²) < 4.78 is 26.4. The predicted molar refractivity (Wildman–Crippen MR) is 73.2 cm³/mol. The first-order valence-electron chi connectivity index (χ1n) is 6.71. The first-order chi connectivity index (χ1) is 9.31. The van der Waals surface area contributed by atoms with E-state index in [1.807, 2.05) is 13.8 Å². The zero-order chi connectivity index (χ0) is 15.3. The number of rotatable bonds is 6. The van der Waals surface area contributed by atoms with Gasteiger partial charge in [0.15, 0.2) is 0 Å². The summed E-state index contributed by atoms with van der Waals surface area (Å²) in [6.07, 6.45) is -0.510. The maximum atomic E-state index is 13.6. The van der Waals surface area contributed by atoms with Crippen LogP contribution >= 0.6 is 0 Å². The normalized spacial score (nSPS) is 14.2. The summed E-state index contributed by atoms with van der Waals surface area (Å²) in [5.41, 5.74) is 0.311. The van der Waals surface area contributed by atoms with Crippen LogP contribution in [0.3, 0.4) is 0 Å². The SMILES string of the molecule is CC(CC(=O)NCC(O)C(C)C)c1ccc(F)cc1F. The summed E-state index contributed by atoms with van der Waals surface area (Å²) in [6.45, 7) is 5.59. The Morgan fingerprint density at radius 3 is 2.50 bits per heavy atom. The smallest absolute Gasteiger partial charge is 0.220 e. The van der Waals surface area contributed by atoms with Crippen LogP contribution in [0.5, 0.6) is 0 Å². The molecular formula is C15H21F2NO2.